The van der Waals surface area contributed by atoms with E-state index in [1.807, 2.05) is 49.4 Å². The van der Waals surface area contributed by atoms with Crippen molar-refractivity contribution in [3.8, 4) is 5.75 Å². The molecule has 158 valence electrons. The van der Waals surface area contributed by atoms with Gasteiger partial charge in [-0.1, -0.05) is 30.3 Å². The molecular weight excluding hydrogens is 382 g/mol. The van der Waals surface area contributed by atoms with Crippen LogP contribution in [-0.2, 0) is 20.9 Å². The Morgan fingerprint density at radius 1 is 1.17 bits per heavy atom. The number of anilines is 2. The molecule has 0 radical (unpaired) electrons. The average molecular weight is 409 g/mol. The normalized spacial score (nSPS) is 15.8. The summed E-state index contributed by atoms with van der Waals surface area (Å²) < 4.78 is 5.63. The molecular formula is C23H27N3O4. The van der Waals surface area contributed by atoms with E-state index in [1.165, 1.54) is 6.92 Å². The molecule has 1 aliphatic heterocycles. The topological polar surface area (TPSA) is 79.0 Å². The molecule has 1 fully saturated rings. The van der Waals surface area contributed by atoms with E-state index in [1.54, 1.807) is 22.9 Å². The molecule has 0 bridgehead atoms. The monoisotopic (exact) mass is 409 g/mol. The number of hydrogen-bond donors (Lipinski definition) is 1. The lowest BCUT2D eigenvalue weighted by atomic mass is 10.1. The van der Waals surface area contributed by atoms with Gasteiger partial charge in [0.25, 0.3) is 0 Å². The molecule has 7 nitrogen and oxygen atoms in total. The number of para-hydroxylation sites is 3. The number of benzene rings is 2. The van der Waals surface area contributed by atoms with E-state index in [9.17, 15) is 14.4 Å². The minimum atomic E-state index is -0.467. The Hall–Kier alpha value is -3.35. The molecule has 1 unspecified atom stereocenters. The van der Waals surface area contributed by atoms with Gasteiger partial charge in [-0.3, -0.25) is 14.4 Å². The van der Waals surface area contributed by atoms with Crippen molar-refractivity contribution in [2.75, 3.05) is 30.4 Å². The highest BCUT2D eigenvalue weighted by Crippen LogP contribution is 2.33. The van der Waals surface area contributed by atoms with Crippen LogP contribution in [0.2, 0.25) is 0 Å². The quantitative estimate of drug-likeness (QED) is 0.762. The first-order valence-corrected chi connectivity index (χ1v) is 10.0. The molecule has 1 aliphatic rings. The van der Waals surface area contributed by atoms with Crippen molar-refractivity contribution in [2.24, 2.45) is 5.92 Å². The van der Waals surface area contributed by atoms with Gasteiger partial charge >= 0.3 is 0 Å². The largest absolute Gasteiger partial charge is 0.492 e. The zero-order valence-electron chi connectivity index (χ0n) is 17.6. The molecule has 1 heterocycles. The van der Waals surface area contributed by atoms with Crippen molar-refractivity contribution in [1.82, 2.24) is 4.90 Å². The van der Waals surface area contributed by atoms with Crippen LogP contribution in [0.15, 0.2) is 48.5 Å². The second-order valence-corrected chi connectivity index (χ2v) is 7.33. The number of rotatable bonds is 7. The van der Waals surface area contributed by atoms with Gasteiger partial charge in [-0.15, -0.1) is 0 Å². The van der Waals surface area contributed by atoms with Gasteiger partial charge in [0, 0.05) is 39.2 Å². The third kappa shape index (κ3) is 4.79. The Morgan fingerprint density at radius 3 is 2.60 bits per heavy atom. The lowest BCUT2D eigenvalue weighted by molar-refractivity contribution is -0.128. The molecule has 1 saturated heterocycles. The van der Waals surface area contributed by atoms with Crippen LogP contribution in [-0.4, -0.2) is 42.8 Å². The van der Waals surface area contributed by atoms with Crippen molar-refractivity contribution < 1.29 is 19.1 Å². The number of amides is 3. The standard InChI is InChI=1S/C23H27N3O4/c1-4-30-21-12-8-7-11-20(21)26-15-18(13-22(26)28)23(29)24-19-10-6-5-9-17(19)14-25(3)16(2)27/h5-12,18H,4,13-15H2,1-3H3,(H,24,29). The van der Waals surface area contributed by atoms with Gasteiger partial charge in [0.05, 0.1) is 18.2 Å². The van der Waals surface area contributed by atoms with Crippen molar-refractivity contribution in [1.29, 1.82) is 0 Å². The highest BCUT2D eigenvalue weighted by Gasteiger charge is 2.36. The first-order valence-electron chi connectivity index (χ1n) is 10.0. The lowest BCUT2D eigenvalue weighted by Gasteiger charge is -2.20. The fourth-order valence-corrected chi connectivity index (χ4v) is 3.46. The van der Waals surface area contributed by atoms with E-state index < -0.39 is 5.92 Å². The Labute approximate surface area is 176 Å². The predicted molar refractivity (Wildman–Crippen MR) is 115 cm³/mol. The first-order chi connectivity index (χ1) is 14.4. The molecule has 0 saturated carbocycles. The molecule has 3 rings (SSSR count). The van der Waals surface area contributed by atoms with Gasteiger partial charge < -0.3 is 19.9 Å². The van der Waals surface area contributed by atoms with Crippen LogP contribution in [0.4, 0.5) is 11.4 Å². The second-order valence-electron chi connectivity index (χ2n) is 7.33. The number of carbonyl (C=O) groups is 3. The van der Waals surface area contributed by atoms with Crippen LogP contribution in [0.3, 0.4) is 0 Å². The van der Waals surface area contributed by atoms with Crippen LogP contribution in [0.25, 0.3) is 0 Å². The van der Waals surface area contributed by atoms with Crippen LogP contribution in [0, 0.1) is 5.92 Å². The summed E-state index contributed by atoms with van der Waals surface area (Å²) in [5, 5.41) is 2.94. The van der Waals surface area contributed by atoms with Crippen LogP contribution in [0.5, 0.6) is 5.75 Å². The van der Waals surface area contributed by atoms with E-state index in [2.05, 4.69) is 5.32 Å². The molecule has 1 atom stereocenters. The molecule has 0 aliphatic carbocycles. The van der Waals surface area contributed by atoms with E-state index in [-0.39, 0.29) is 24.1 Å². The molecule has 7 heteroatoms. The fourth-order valence-electron chi connectivity index (χ4n) is 3.46. The van der Waals surface area contributed by atoms with Gasteiger partial charge in [-0.2, -0.15) is 0 Å². The molecule has 0 aromatic heterocycles. The van der Waals surface area contributed by atoms with Gasteiger partial charge in [-0.05, 0) is 30.7 Å². The molecule has 2 aromatic carbocycles. The Bertz CT molecular complexity index is 944. The third-order valence-corrected chi connectivity index (χ3v) is 5.17. The zero-order valence-corrected chi connectivity index (χ0v) is 17.6. The summed E-state index contributed by atoms with van der Waals surface area (Å²) in [5.41, 5.74) is 2.17. The highest BCUT2D eigenvalue weighted by molar-refractivity contribution is 6.04. The molecule has 3 amide bonds. The van der Waals surface area contributed by atoms with Crippen molar-refractivity contribution in [3.05, 3.63) is 54.1 Å². The van der Waals surface area contributed by atoms with E-state index >= 15 is 0 Å². The fraction of sp³-hybridized carbons (Fsp3) is 0.348. The second kappa shape index (κ2) is 9.43. The zero-order chi connectivity index (χ0) is 21.7. The van der Waals surface area contributed by atoms with Crippen LogP contribution < -0.4 is 15.0 Å². The number of ether oxygens (including phenoxy) is 1. The molecule has 30 heavy (non-hydrogen) atoms. The predicted octanol–water partition coefficient (Wildman–Crippen LogP) is 3.06. The van der Waals surface area contributed by atoms with Gasteiger partial charge in [-0.25, -0.2) is 0 Å². The number of carbonyl (C=O) groups excluding carboxylic acids is 3. The number of nitrogens with zero attached hydrogens (tertiary/aromatic N) is 2. The van der Waals surface area contributed by atoms with Gasteiger partial charge in [0.15, 0.2) is 0 Å². The van der Waals surface area contributed by atoms with Crippen LogP contribution in [0.1, 0.15) is 25.8 Å². The van der Waals surface area contributed by atoms with Crippen molar-refractivity contribution >= 4 is 29.1 Å². The van der Waals surface area contributed by atoms with Crippen molar-refractivity contribution in [3.63, 3.8) is 0 Å². The minimum Gasteiger partial charge on any atom is -0.492 e. The summed E-state index contributed by atoms with van der Waals surface area (Å²) in [6.07, 6.45) is 0.141. The molecule has 0 spiro atoms. The SMILES string of the molecule is CCOc1ccccc1N1CC(C(=O)Nc2ccccc2CN(C)C(C)=O)CC1=O. The minimum absolute atomic E-state index is 0.0545. The van der Waals surface area contributed by atoms with Gasteiger partial charge in [0.1, 0.15) is 5.75 Å². The van der Waals surface area contributed by atoms with E-state index in [0.29, 0.717) is 36.8 Å². The van der Waals surface area contributed by atoms with E-state index in [4.69, 9.17) is 4.74 Å². The van der Waals surface area contributed by atoms with E-state index in [0.717, 1.165) is 5.56 Å². The Balaban J connectivity index is 1.73. The number of hydrogen-bond acceptors (Lipinski definition) is 4. The summed E-state index contributed by atoms with van der Waals surface area (Å²) in [6, 6.07) is 14.7. The Morgan fingerprint density at radius 2 is 1.87 bits per heavy atom. The maximum atomic E-state index is 12.9. The first kappa shape index (κ1) is 21.4. The third-order valence-electron chi connectivity index (χ3n) is 5.17. The summed E-state index contributed by atoms with van der Waals surface area (Å²) >= 11 is 0. The van der Waals surface area contributed by atoms with Crippen molar-refractivity contribution in [2.45, 2.75) is 26.8 Å². The summed E-state index contributed by atoms with van der Waals surface area (Å²) in [4.78, 5) is 40.3. The summed E-state index contributed by atoms with van der Waals surface area (Å²) in [6.45, 7) is 4.57. The molecule has 1 N–H and O–H groups in total. The maximum absolute atomic E-state index is 12.9. The Kier molecular flexibility index (Phi) is 6.72. The average Bonchev–Trinajstić information content (AvgIpc) is 3.11. The maximum Gasteiger partial charge on any atom is 0.229 e. The van der Waals surface area contributed by atoms with Crippen LogP contribution >= 0.6 is 0 Å². The molecule has 2 aromatic rings. The lowest BCUT2D eigenvalue weighted by Crippen LogP contribution is -2.29. The van der Waals surface area contributed by atoms with Gasteiger partial charge in [0.2, 0.25) is 17.7 Å². The smallest absolute Gasteiger partial charge is 0.229 e. The summed E-state index contributed by atoms with van der Waals surface area (Å²) in [5.74, 6) is -0.205. The highest BCUT2D eigenvalue weighted by atomic mass is 16.5. The summed E-state index contributed by atoms with van der Waals surface area (Å²) in [7, 11) is 1.71. The number of nitrogens with one attached hydrogen (secondary N) is 1.